The van der Waals surface area contributed by atoms with Gasteiger partial charge >= 0.3 is 5.97 Å². The highest BCUT2D eigenvalue weighted by atomic mass is 32.1. The number of nitrogens with two attached hydrogens (primary N) is 1. The summed E-state index contributed by atoms with van der Waals surface area (Å²) in [5.74, 6) is -3.34. The molecule has 0 fully saturated rings. The fourth-order valence-electron chi connectivity index (χ4n) is 1.20. The van der Waals surface area contributed by atoms with Crippen molar-refractivity contribution in [2.45, 2.75) is 25.0 Å². The molecule has 0 radical (unpaired) electrons. The molecule has 11 heteroatoms. The Bertz CT molecular complexity index is 433. The summed E-state index contributed by atoms with van der Waals surface area (Å²) in [7, 11) is 0. The third-order valence-electron chi connectivity index (χ3n) is 2.52. The van der Waals surface area contributed by atoms with Crippen LogP contribution in [0.4, 0.5) is 0 Å². The average molecular weight is 336 g/mol. The van der Waals surface area contributed by atoms with E-state index in [0.717, 1.165) is 0 Å². The molecule has 126 valence electrons. The van der Waals surface area contributed by atoms with Gasteiger partial charge in [0.15, 0.2) is 0 Å². The van der Waals surface area contributed by atoms with Gasteiger partial charge in [0, 0.05) is 5.75 Å². The second-order valence-electron chi connectivity index (χ2n) is 4.38. The van der Waals surface area contributed by atoms with Gasteiger partial charge in [-0.2, -0.15) is 12.6 Å². The molecule has 10 nitrogen and oxygen atoms in total. The van der Waals surface area contributed by atoms with Gasteiger partial charge in [0.25, 0.3) is 0 Å². The van der Waals surface area contributed by atoms with E-state index in [1.165, 1.54) is 6.92 Å². The number of amides is 3. The Hall–Kier alpha value is -1.85. The molecule has 0 rings (SSSR count). The summed E-state index contributed by atoms with van der Waals surface area (Å²) < 4.78 is 0. The van der Waals surface area contributed by atoms with Crippen molar-refractivity contribution in [2.75, 3.05) is 18.9 Å². The molecular weight excluding hydrogens is 316 g/mol. The number of aliphatic carboxylic acids is 1. The lowest BCUT2D eigenvalue weighted by Gasteiger charge is -2.18. The van der Waals surface area contributed by atoms with E-state index in [1.54, 1.807) is 0 Å². The molecule has 22 heavy (non-hydrogen) atoms. The van der Waals surface area contributed by atoms with Crippen LogP contribution >= 0.6 is 12.6 Å². The van der Waals surface area contributed by atoms with Gasteiger partial charge in [0.2, 0.25) is 17.7 Å². The van der Waals surface area contributed by atoms with Crippen molar-refractivity contribution in [3.63, 3.8) is 0 Å². The van der Waals surface area contributed by atoms with Crippen molar-refractivity contribution in [2.24, 2.45) is 5.73 Å². The van der Waals surface area contributed by atoms with Gasteiger partial charge in [-0.3, -0.25) is 19.2 Å². The van der Waals surface area contributed by atoms with Crippen molar-refractivity contribution in [1.82, 2.24) is 16.0 Å². The number of carboxylic acid groups (broad SMARTS) is 1. The molecule has 3 unspecified atom stereocenters. The summed E-state index contributed by atoms with van der Waals surface area (Å²) in [6.07, 6.45) is 0. The Labute approximate surface area is 132 Å². The molecule has 0 aromatic carbocycles. The zero-order valence-electron chi connectivity index (χ0n) is 11.9. The smallest absolute Gasteiger partial charge is 0.325 e. The Morgan fingerprint density at radius 3 is 2.23 bits per heavy atom. The number of carboxylic acids is 1. The Morgan fingerprint density at radius 1 is 1.18 bits per heavy atom. The first-order chi connectivity index (χ1) is 10.2. The minimum absolute atomic E-state index is 0.0994. The van der Waals surface area contributed by atoms with E-state index in [9.17, 15) is 19.2 Å². The van der Waals surface area contributed by atoms with E-state index >= 15 is 0 Å². The van der Waals surface area contributed by atoms with Crippen molar-refractivity contribution in [3.8, 4) is 0 Å². The van der Waals surface area contributed by atoms with Gasteiger partial charge in [-0.15, -0.1) is 0 Å². The normalized spacial score (nSPS) is 14.4. The van der Waals surface area contributed by atoms with Gasteiger partial charge in [-0.05, 0) is 6.92 Å². The first kappa shape index (κ1) is 20.1. The molecule has 0 saturated heterocycles. The zero-order chi connectivity index (χ0) is 17.3. The zero-order valence-corrected chi connectivity index (χ0v) is 12.8. The van der Waals surface area contributed by atoms with E-state index in [-0.39, 0.29) is 5.75 Å². The maximum atomic E-state index is 11.7. The highest BCUT2D eigenvalue weighted by molar-refractivity contribution is 7.80. The third-order valence-corrected chi connectivity index (χ3v) is 2.91. The van der Waals surface area contributed by atoms with Crippen LogP contribution in [0.15, 0.2) is 0 Å². The standard InChI is InChI=1S/C11H20N4O6S/c1-5(11(20)21)14-10(19)7(3-16)15-8(17)2-13-9(18)6(12)4-22/h5-7,16,22H,2-4,12H2,1H3,(H,13,18)(H,14,19)(H,15,17)(H,20,21). The Balaban J connectivity index is 4.37. The van der Waals surface area contributed by atoms with E-state index < -0.39 is 55.0 Å². The molecule has 0 aliphatic carbocycles. The summed E-state index contributed by atoms with van der Waals surface area (Å²) in [4.78, 5) is 45.1. The SMILES string of the molecule is CC(NC(=O)C(CO)NC(=O)CNC(=O)C(N)CS)C(=O)O. The lowest BCUT2D eigenvalue weighted by molar-refractivity contribution is -0.142. The number of carbonyl (C=O) groups is 4. The van der Waals surface area contributed by atoms with Crippen molar-refractivity contribution in [1.29, 1.82) is 0 Å². The number of hydrogen-bond donors (Lipinski definition) is 7. The van der Waals surface area contributed by atoms with Crippen LogP contribution in [-0.4, -0.2) is 70.9 Å². The first-order valence-electron chi connectivity index (χ1n) is 6.30. The van der Waals surface area contributed by atoms with Crippen LogP contribution in [0, 0.1) is 0 Å². The minimum Gasteiger partial charge on any atom is -0.480 e. The molecule has 0 aliphatic heterocycles. The second-order valence-corrected chi connectivity index (χ2v) is 4.74. The van der Waals surface area contributed by atoms with Crippen LogP contribution in [0.3, 0.4) is 0 Å². The molecule has 0 aliphatic rings. The van der Waals surface area contributed by atoms with Gasteiger partial charge in [0.1, 0.15) is 12.1 Å². The highest BCUT2D eigenvalue weighted by Gasteiger charge is 2.23. The molecule has 0 aromatic rings. The lowest BCUT2D eigenvalue weighted by Crippen LogP contribution is -2.54. The quantitative estimate of drug-likeness (QED) is 0.213. The van der Waals surface area contributed by atoms with E-state index in [4.69, 9.17) is 15.9 Å². The van der Waals surface area contributed by atoms with Gasteiger partial charge < -0.3 is 31.9 Å². The number of hydrogen-bond acceptors (Lipinski definition) is 7. The molecule has 3 atom stereocenters. The van der Waals surface area contributed by atoms with Crippen molar-refractivity contribution in [3.05, 3.63) is 0 Å². The summed E-state index contributed by atoms with van der Waals surface area (Å²) in [6, 6.07) is -3.37. The average Bonchev–Trinajstić information content (AvgIpc) is 2.48. The van der Waals surface area contributed by atoms with Crippen molar-refractivity contribution < 1.29 is 29.4 Å². The first-order valence-corrected chi connectivity index (χ1v) is 6.93. The number of aliphatic hydroxyl groups is 1. The fourth-order valence-corrected chi connectivity index (χ4v) is 1.36. The number of nitrogens with one attached hydrogen (secondary N) is 3. The molecule has 0 spiro atoms. The largest absolute Gasteiger partial charge is 0.480 e. The van der Waals surface area contributed by atoms with Crippen LogP contribution < -0.4 is 21.7 Å². The number of thiol groups is 1. The van der Waals surface area contributed by atoms with Crippen molar-refractivity contribution >= 4 is 36.3 Å². The van der Waals surface area contributed by atoms with Crippen LogP contribution in [0.25, 0.3) is 0 Å². The van der Waals surface area contributed by atoms with Gasteiger partial charge in [0.05, 0.1) is 19.2 Å². The second kappa shape index (κ2) is 9.97. The van der Waals surface area contributed by atoms with E-state index in [2.05, 4.69) is 28.6 Å². The summed E-state index contributed by atoms with van der Waals surface area (Å²) in [6.45, 7) is 0.0577. The molecule has 0 heterocycles. The van der Waals surface area contributed by atoms with Crippen LogP contribution in [0.2, 0.25) is 0 Å². The molecule has 3 amide bonds. The van der Waals surface area contributed by atoms with Gasteiger partial charge in [-0.1, -0.05) is 0 Å². The molecule has 0 bridgehead atoms. The summed E-state index contributed by atoms with van der Waals surface area (Å²) in [5, 5.41) is 24.2. The van der Waals surface area contributed by atoms with E-state index in [0.29, 0.717) is 0 Å². The van der Waals surface area contributed by atoms with Gasteiger partial charge in [-0.25, -0.2) is 0 Å². The molecular formula is C11H20N4O6S. The molecule has 7 N–H and O–H groups in total. The number of aliphatic hydroxyl groups excluding tert-OH is 1. The minimum atomic E-state index is -1.33. The molecule has 0 saturated carbocycles. The van der Waals surface area contributed by atoms with E-state index in [1.807, 2.05) is 0 Å². The number of carbonyl (C=O) groups excluding carboxylic acids is 3. The molecule has 0 aromatic heterocycles. The predicted molar refractivity (Wildman–Crippen MR) is 79.1 cm³/mol. The maximum Gasteiger partial charge on any atom is 0.325 e. The monoisotopic (exact) mass is 336 g/mol. The lowest BCUT2D eigenvalue weighted by atomic mass is 10.2. The van der Waals surface area contributed by atoms with Crippen LogP contribution in [0.5, 0.6) is 0 Å². The Morgan fingerprint density at radius 2 is 1.77 bits per heavy atom. The highest BCUT2D eigenvalue weighted by Crippen LogP contribution is 1.88. The summed E-state index contributed by atoms with van der Waals surface area (Å²) in [5.41, 5.74) is 5.38. The topological polar surface area (TPSA) is 171 Å². The summed E-state index contributed by atoms with van der Waals surface area (Å²) >= 11 is 3.82. The predicted octanol–water partition coefficient (Wildman–Crippen LogP) is -3.57. The third kappa shape index (κ3) is 7.24. The fraction of sp³-hybridized carbons (Fsp3) is 0.636. The van der Waals surface area contributed by atoms with Crippen LogP contribution in [0.1, 0.15) is 6.92 Å². The Kier molecular flexibility index (Phi) is 9.13. The maximum absolute atomic E-state index is 11.7. The van der Waals surface area contributed by atoms with Crippen LogP contribution in [-0.2, 0) is 19.2 Å². The number of rotatable bonds is 9.